The number of hydrogen-bond donors (Lipinski definition) is 1. The van der Waals surface area contributed by atoms with Gasteiger partial charge in [0.1, 0.15) is 11.6 Å². The van der Waals surface area contributed by atoms with Crippen LogP contribution >= 0.6 is 0 Å². The number of aromatic nitrogens is 3. The molecule has 28 heavy (non-hydrogen) atoms. The second kappa shape index (κ2) is 7.63. The normalized spacial score (nSPS) is 14.2. The van der Waals surface area contributed by atoms with Gasteiger partial charge in [0.15, 0.2) is 5.82 Å². The number of rotatable bonds is 5. The molecular weight excluding hydrogens is 376 g/mol. The van der Waals surface area contributed by atoms with Crippen molar-refractivity contribution in [2.45, 2.75) is 37.1 Å². The quantitative estimate of drug-likeness (QED) is 0.711. The molecule has 146 valence electrons. The van der Waals surface area contributed by atoms with Gasteiger partial charge in [-0.25, -0.2) is 8.42 Å². The molecule has 0 atom stereocenters. The second-order valence-electron chi connectivity index (χ2n) is 6.76. The first-order chi connectivity index (χ1) is 13.6. The standard InChI is InChI=1S/C20H22N4O3S/c1-27-17-10-12-18(13-11-17)28(25,26)23-16-8-6-15(7-9-16)20-22-21-19-5-3-2-4-14-24(19)20/h6-13,23H,2-5,14H2,1H3. The number of aryl methyl sites for hydroxylation is 1. The lowest BCUT2D eigenvalue weighted by Gasteiger charge is -2.10. The Labute approximate surface area is 164 Å². The lowest BCUT2D eigenvalue weighted by Crippen LogP contribution is -2.12. The summed E-state index contributed by atoms with van der Waals surface area (Å²) in [6.45, 7) is 0.920. The molecule has 0 fully saturated rings. The van der Waals surface area contributed by atoms with Crippen molar-refractivity contribution in [2.75, 3.05) is 11.8 Å². The van der Waals surface area contributed by atoms with Gasteiger partial charge in [0.05, 0.1) is 12.0 Å². The van der Waals surface area contributed by atoms with Crippen LogP contribution in [-0.2, 0) is 23.0 Å². The number of anilines is 1. The zero-order chi connectivity index (χ0) is 19.6. The number of benzene rings is 2. The number of methoxy groups -OCH3 is 1. The van der Waals surface area contributed by atoms with Gasteiger partial charge in [0.2, 0.25) is 0 Å². The molecule has 0 amide bonds. The van der Waals surface area contributed by atoms with Gasteiger partial charge in [-0.2, -0.15) is 0 Å². The van der Waals surface area contributed by atoms with Gasteiger partial charge in [0, 0.05) is 24.2 Å². The van der Waals surface area contributed by atoms with Crippen molar-refractivity contribution < 1.29 is 13.2 Å². The molecule has 2 heterocycles. The number of ether oxygens (including phenoxy) is 1. The van der Waals surface area contributed by atoms with E-state index in [2.05, 4.69) is 19.5 Å². The first-order valence-electron chi connectivity index (χ1n) is 9.26. The van der Waals surface area contributed by atoms with Gasteiger partial charge in [-0.05, 0) is 61.4 Å². The fourth-order valence-electron chi connectivity index (χ4n) is 3.35. The van der Waals surface area contributed by atoms with Crippen LogP contribution in [0.2, 0.25) is 0 Å². The van der Waals surface area contributed by atoms with Crippen LogP contribution in [0.25, 0.3) is 11.4 Å². The molecule has 1 N–H and O–H groups in total. The number of nitrogens with one attached hydrogen (secondary N) is 1. The summed E-state index contributed by atoms with van der Waals surface area (Å²) in [5.41, 5.74) is 1.42. The van der Waals surface area contributed by atoms with Crippen LogP contribution in [0.4, 0.5) is 5.69 Å². The SMILES string of the molecule is COc1ccc(S(=O)(=O)Nc2ccc(-c3nnc4n3CCCCC4)cc2)cc1. The summed E-state index contributed by atoms with van der Waals surface area (Å²) in [5, 5.41) is 8.66. The fourth-order valence-corrected chi connectivity index (χ4v) is 4.41. The Morgan fingerprint density at radius 3 is 2.43 bits per heavy atom. The first kappa shape index (κ1) is 18.5. The third kappa shape index (κ3) is 3.73. The highest BCUT2D eigenvalue weighted by atomic mass is 32.2. The van der Waals surface area contributed by atoms with Crippen LogP contribution in [-0.4, -0.2) is 30.3 Å². The minimum Gasteiger partial charge on any atom is -0.497 e. The van der Waals surface area contributed by atoms with E-state index in [1.807, 2.05) is 12.1 Å². The summed E-state index contributed by atoms with van der Waals surface area (Å²) in [6.07, 6.45) is 4.42. The van der Waals surface area contributed by atoms with Crippen LogP contribution in [0, 0.1) is 0 Å². The minimum atomic E-state index is -3.66. The zero-order valence-corrected chi connectivity index (χ0v) is 16.4. The Morgan fingerprint density at radius 1 is 0.964 bits per heavy atom. The van der Waals surface area contributed by atoms with E-state index in [4.69, 9.17) is 4.74 Å². The zero-order valence-electron chi connectivity index (χ0n) is 15.6. The Bertz CT molecular complexity index is 1060. The Hall–Kier alpha value is -2.87. The van der Waals surface area contributed by atoms with E-state index in [1.54, 1.807) is 24.3 Å². The molecule has 0 saturated carbocycles. The van der Waals surface area contributed by atoms with E-state index in [-0.39, 0.29) is 4.90 Å². The Morgan fingerprint density at radius 2 is 1.71 bits per heavy atom. The Balaban J connectivity index is 1.54. The molecule has 0 aliphatic carbocycles. The topological polar surface area (TPSA) is 86.1 Å². The molecule has 0 spiro atoms. The highest BCUT2D eigenvalue weighted by Gasteiger charge is 2.17. The van der Waals surface area contributed by atoms with Crippen LogP contribution in [0.1, 0.15) is 25.1 Å². The molecule has 2 aromatic carbocycles. The van der Waals surface area contributed by atoms with Gasteiger partial charge < -0.3 is 9.30 Å². The van der Waals surface area contributed by atoms with Crippen LogP contribution in [0.3, 0.4) is 0 Å². The highest BCUT2D eigenvalue weighted by Crippen LogP contribution is 2.25. The predicted octanol–water partition coefficient (Wildman–Crippen LogP) is 3.48. The molecule has 3 aromatic rings. The van der Waals surface area contributed by atoms with E-state index in [0.717, 1.165) is 43.0 Å². The van der Waals surface area contributed by atoms with Crippen molar-refractivity contribution in [3.8, 4) is 17.1 Å². The van der Waals surface area contributed by atoms with Gasteiger partial charge in [-0.3, -0.25) is 4.72 Å². The summed E-state index contributed by atoms with van der Waals surface area (Å²) in [4.78, 5) is 0.181. The number of fused-ring (bicyclic) bond motifs is 1. The fraction of sp³-hybridized carbons (Fsp3) is 0.300. The van der Waals surface area contributed by atoms with E-state index in [1.165, 1.54) is 25.7 Å². The summed E-state index contributed by atoms with van der Waals surface area (Å²) in [7, 11) is -2.12. The number of nitrogens with zero attached hydrogens (tertiary/aromatic N) is 3. The van der Waals surface area contributed by atoms with Gasteiger partial charge in [-0.1, -0.05) is 6.42 Å². The van der Waals surface area contributed by atoms with Crippen LogP contribution in [0.15, 0.2) is 53.4 Å². The van der Waals surface area contributed by atoms with Crippen molar-refractivity contribution >= 4 is 15.7 Å². The van der Waals surface area contributed by atoms with E-state index < -0.39 is 10.0 Å². The monoisotopic (exact) mass is 398 g/mol. The van der Waals surface area contributed by atoms with Gasteiger partial charge in [0.25, 0.3) is 10.0 Å². The average Bonchev–Trinajstić information content (AvgIpc) is 2.96. The summed E-state index contributed by atoms with van der Waals surface area (Å²) in [6, 6.07) is 13.5. The van der Waals surface area contributed by atoms with Crippen LogP contribution < -0.4 is 9.46 Å². The number of hydrogen-bond acceptors (Lipinski definition) is 5. The summed E-state index contributed by atoms with van der Waals surface area (Å²) in [5.74, 6) is 2.47. The summed E-state index contributed by atoms with van der Waals surface area (Å²) < 4.78 is 35.0. The van der Waals surface area contributed by atoms with Gasteiger partial charge >= 0.3 is 0 Å². The van der Waals surface area contributed by atoms with Crippen molar-refractivity contribution in [3.05, 3.63) is 54.4 Å². The lowest BCUT2D eigenvalue weighted by molar-refractivity contribution is 0.414. The van der Waals surface area contributed by atoms with E-state index in [9.17, 15) is 8.42 Å². The molecule has 0 radical (unpaired) electrons. The third-order valence-electron chi connectivity index (χ3n) is 4.87. The maximum atomic E-state index is 12.6. The van der Waals surface area contributed by atoms with Crippen molar-refractivity contribution in [2.24, 2.45) is 0 Å². The van der Waals surface area contributed by atoms with Gasteiger partial charge in [-0.15, -0.1) is 10.2 Å². The predicted molar refractivity (Wildman–Crippen MR) is 107 cm³/mol. The molecule has 8 heteroatoms. The summed E-state index contributed by atoms with van der Waals surface area (Å²) >= 11 is 0. The molecule has 0 bridgehead atoms. The van der Waals surface area contributed by atoms with Crippen molar-refractivity contribution in [1.29, 1.82) is 0 Å². The molecule has 1 aromatic heterocycles. The lowest BCUT2D eigenvalue weighted by atomic mass is 10.2. The number of sulfonamides is 1. The van der Waals surface area contributed by atoms with E-state index in [0.29, 0.717) is 11.4 Å². The first-order valence-corrected chi connectivity index (χ1v) is 10.7. The van der Waals surface area contributed by atoms with Crippen molar-refractivity contribution in [3.63, 3.8) is 0 Å². The highest BCUT2D eigenvalue weighted by molar-refractivity contribution is 7.92. The molecule has 1 aliphatic heterocycles. The molecular formula is C20H22N4O3S. The molecule has 0 unspecified atom stereocenters. The Kier molecular flexibility index (Phi) is 5.04. The average molecular weight is 398 g/mol. The largest absolute Gasteiger partial charge is 0.497 e. The molecule has 0 saturated heterocycles. The molecule has 4 rings (SSSR count). The minimum absolute atomic E-state index is 0.181. The third-order valence-corrected chi connectivity index (χ3v) is 6.27. The maximum Gasteiger partial charge on any atom is 0.261 e. The van der Waals surface area contributed by atoms with E-state index >= 15 is 0 Å². The molecule has 1 aliphatic rings. The second-order valence-corrected chi connectivity index (χ2v) is 8.44. The molecule has 7 nitrogen and oxygen atoms in total. The maximum absolute atomic E-state index is 12.6. The smallest absolute Gasteiger partial charge is 0.261 e. The van der Waals surface area contributed by atoms with Crippen molar-refractivity contribution in [1.82, 2.24) is 14.8 Å². The van der Waals surface area contributed by atoms with Crippen LogP contribution in [0.5, 0.6) is 5.75 Å².